The Morgan fingerprint density at radius 2 is 2.19 bits per heavy atom. The van der Waals surface area contributed by atoms with Crippen molar-refractivity contribution in [3.8, 4) is 0 Å². The Morgan fingerprint density at radius 3 is 2.75 bits per heavy atom. The molecule has 0 saturated carbocycles. The predicted molar refractivity (Wildman–Crippen MR) is 56.8 cm³/mol. The summed E-state index contributed by atoms with van der Waals surface area (Å²) in [6, 6.07) is -0.359. The van der Waals surface area contributed by atoms with E-state index in [1.807, 2.05) is 0 Å². The van der Waals surface area contributed by atoms with Gasteiger partial charge in [0.25, 0.3) is 0 Å². The topological polar surface area (TPSA) is 92.9 Å². The van der Waals surface area contributed by atoms with Crippen LogP contribution in [0.25, 0.3) is 0 Å². The Bertz CT molecular complexity index is 270. The maximum absolute atomic E-state index is 11.7. The molecule has 0 aromatic carbocycles. The molecule has 0 aliphatic carbocycles. The van der Waals surface area contributed by atoms with E-state index in [0.717, 1.165) is 0 Å². The highest BCUT2D eigenvalue weighted by Gasteiger charge is 2.38. The molecule has 0 aromatic rings. The van der Waals surface area contributed by atoms with Crippen molar-refractivity contribution in [2.45, 2.75) is 18.9 Å². The number of nitrogens with two attached hydrogens (primary N) is 1. The number of ether oxygens (including phenoxy) is 1. The third-order valence-electron chi connectivity index (χ3n) is 2.85. The molecule has 1 fully saturated rings. The van der Waals surface area contributed by atoms with E-state index in [9.17, 15) is 9.59 Å². The minimum Gasteiger partial charge on any atom is -0.481 e. The van der Waals surface area contributed by atoms with Crippen molar-refractivity contribution in [1.82, 2.24) is 4.90 Å². The number of carboxylic acids is 1. The summed E-state index contributed by atoms with van der Waals surface area (Å²) >= 11 is 0. The molecule has 92 valence electrons. The number of hydrogen-bond donors (Lipinski definition) is 2. The summed E-state index contributed by atoms with van der Waals surface area (Å²) in [4.78, 5) is 24.1. The standard InChI is InChI=1S/C10H18N2O4/c1-12(9(13)3-2-4-11)8-6-16-5-7(8)10(14)15/h7-8H,2-6,11H2,1H3,(H,14,15). The summed E-state index contributed by atoms with van der Waals surface area (Å²) in [5.74, 6) is -1.61. The number of carbonyl (C=O) groups is 2. The normalized spacial score (nSPS) is 24.4. The van der Waals surface area contributed by atoms with Gasteiger partial charge in [0.15, 0.2) is 0 Å². The first-order valence-electron chi connectivity index (χ1n) is 5.34. The van der Waals surface area contributed by atoms with Gasteiger partial charge in [0.1, 0.15) is 5.92 Å². The largest absolute Gasteiger partial charge is 0.481 e. The molecule has 6 nitrogen and oxygen atoms in total. The van der Waals surface area contributed by atoms with Crippen molar-refractivity contribution in [3.63, 3.8) is 0 Å². The van der Waals surface area contributed by atoms with E-state index in [1.54, 1.807) is 7.05 Å². The van der Waals surface area contributed by atoms with E-state index in [0.29, 0.717) is 26.0 Å². The van der Waals surface area contributed by atoms with Crippen LogP contribution < -0.4 is 5.73 Å². The van der Waals surface area contributed by atoms with Gasteiger partial charge < -0.3 is 20.5 Å². The molecule has 0 radical (unpaired) electrons. The van der Waals surface area contributed by atoms with Crippen LogP contribution in [0.2, 0.25) is 0 Å². The molecule has 16 heavy (non-hydrogen) atoms. The molecule has 0 aromatic heterocycles. The van der Waals surface area contributed by atoms with Crippen LogP contribution in [0.1, 0.15) is 12.8 Å². The maximum Gasteiger partial charge on any atom is 0.311 e. The molecule has 1 aliphatic heterocycles. The van der Waals surface area contributed by atoms with Gasteiger partial charge in [-0.05, 0) is 13.0 Å². The summed E-state index contributed by atoms with van der Waals surface area (Å²) in [5.41, 5.74) is 5.32. The lowest BCUT2D eigenvalue weighted by Gasteiger charge is -2.26. The highest BCUT2D eigenvalue weighted by Crippen LogP contribution is 2.19. The first kappa shape index (κ1) is 12.9. The second-order valence-corrected chi connectivity index (χ2v) is 3.95. The number of carboxylic acid groups (broad SMARTS) is 1. The second-order valence-electron chi connectivity index (χ2n) is 3.95. The molecule has 1 saturated heterocycles. The number of aliphatic carboxylic acids is 1. The Labute approximate surface area is 94.3 Å². The maximum atomic E-state index is 11.7. The fourth-order valence-corrected chi connectivity index (χ4v) is 1.78. The van der Waals surface area contributed by atoms with Gasteiger partial charge in [0.05, 0.1) is 19.3 Å². The van der Waals surface area contributed by atoms with Crippen molar-refractivity contribution in [1.29, 1.82) is 0 Å². The Hall–Kier alpha value is -1.14. The lowest BCUT2D eigenvalue weighted by Crippen LogP contribution is -2.44. The minimum absolute atomic E-state index is 0.0767. The van der Waals surface area contributed by atoms with Gasteiger partial charge in [-0.15, -0.1) is 0 Å². The van der Waals surface area contributed by atoms with Gasteiger partial charge in [-0.3, -0.25) is 9.59 Å². The highest BCUT2D eigenvalue weighted by molar-refractivity contribution is 5.78. The van der Waals surface area contributed by atoms with E-state index in [2.05, 4.69) is 0 Å². The van der Waals surface area contributed by atoms with Crippen LogP contribution in [0.15, 0.2) is 0 Å². The number of rotatable bonds is 5. The quantitative estimate of drug-likeness (QED) is 0.650. The lowest BCUT2D eigenvalue weighted by atomic mass is 10.0. The second kappa shape index (κ2) is 5.81. The summed E-state index contributed by atoms with van der Waals surface area (Å²) in [7, 11) is 1.62. The number of carbonyl (C=O) groups excluding carboxylic acids is 1. The lowest BCUT2D eigenvalue weighted by molar-refractivity contribution is -0.144. The molecule has 1 rings (SSSR count). The zero-order valence-corrected chi connectivity index (χ0v) is 9.39. The summed E-state index contributed by atoms with van der Waals surface area (Å²) in [6.07, 6.45) is 0.977. The van der Waals surface area contributed by atoms with Crippen LogP contribution in [0.4, 0.5) is 0 Å². The van der Waals surface area contributed by atoms with Crippen LogP contribution in [0.3, 0.4) is 0 Å². The molecule has 1 amide bonds. The van der Waals surface area contributed by atoms with Crippen molar-refractivity contribution in [2.75, 3.05) is 26.8 Å². The fraction of sp³-hybridized carbons (Fsp3) is 0.800. The molecule has 2 unspecified atom stereocenters. The van der Waals surface area contributed by atoms with E-state index in [4.69, 9.17) is 15.6 Å². The molecular formula is C10H18N2O4. The molecule has 6 heteroatoms. The number of amides is 1. The zero-order chi connectivity index (χ0) is 12.1. The third kappa shape index (κ3) is 2.93. The van der Waals surface area contributed by atoms with Crippen LogP contribution in [0, 0.1) is 5.92 Å². The van der Waals surface area contributed by atoms with Crippen molar-refractivity contribution in [3.05, 3.63) is 0 Å². The monoisotopic (exact) mass is 230 g/mol. The van der Waals surface area contributed by atoms with E-state index in [1.165, 1.54) is 4.90 Å². The molecule has 1 heterocycles. The third-order valence-corrected chi connectivity index (χ3v) is 2.85. The van der Waals surface area contributed by atoms with Crippen molar-refractivity contribution >= 4 is 11.9 Å². The van der Waals surface area contributed by atoms with Gasteiger partial charge >= 0.3 is 5.97 Å². The summed E-state index contributed by atoms with van der Waals surface area (Å²) < 4.78 is 5.11. The molecule has 1 aliphatic rings. The first-order valence-corrected chi connectivity index (χ1v) is 5.34. The van der Waals surface area contributed by atoms with Crippen LogP contribution in [-0.4, -0.2) is 54.7 Å². The van der Waals surface area contributed by atoms with Crippen LogP contribution >= 0.6 is 0 Å². The molecule has 2 atom stereocenters. The van der Waals surface area contributed by atoms with E-state index < -0.39 is 11.9 Å². The first-order chi connectivity index (χ1) is 7.57. The Kier molecular flexibility index (Phi) is 4.70. The van der Waals surface area contributed by atoms with Gasteiger partial charge in [0, 0.05) is 13.5 Å². The van der Waals surface area contributed by atoms with Crippen molar-refractivity contribution < 1.29 is 19.4 Å². The van der Waals surface area contributed by atoms with Gasteiger partial charge in [-0.25, -0.2) is 0 Å². The fourth-order valence-electron chi connectivity index (χ4n) is 1.78. The van der Waals surface area contributed by atoms with Gasteiger partial charge in [-0.1, -0.05) is 0 Å². The molecule has 0 bridgehead atoms. The summed E-state index contributed by atoms with van der Waals surface area (Å²) in [6.45, 7) is 0.930. The van der Waals surface area contributed by atoms with Crippen LogP contribution in [0.5, 0.6) is 0 Å². The average Bonchev–Trinajstić information content (AvgIpc) is 2.73. The zero-order valence-electron chi connectivity index (χ0n) is 9.39. The van der Waals surface area contributed by atoms with Crippen molar-refractivity contribution in [2.24, 2.45) is 11.7 Å². The minimum atomic E-state index is -0.916. The Morgan fingerprint density at radius 1 is 1.50 bits per heavy atom. The highest BCUT2D eigenvalue weighted by atomic mass is 16.5. The van der Waals surface area contributed by atoms with E-state index >= 15 is 0 Å². The number of nitrogens with zero attached hydrogens (tertiary/aromatic N) is 1. The number of hydrogen-bond acceptors (Lipinski definition) is 4. The van der Waals surface area contributed by atoms with Crippen LogP contribution in [-0.2, 0) is 14.3 Å². The Balaban J connectivity index is 2.55. The average molecular weight is 230 g/mol. The number of likely N-dealkylation sites (N-methyl/N-ethyl adjacent to an activating group) is 1. The SMILES string of the molecule is CN(C(=O)CCCN)C1COCC1C(=O)O. The summed E-state index contributed by atoms with van der Waals surface area (Å²) in [5, 5.41) is 8.95. The molecule has 3 N–H and O–H groups in total. The molecule has 0 spiro atoms. The molecular weight excluding hydrogens is 212 g/mol. The predicted octanol–water partition coefficient (Wildman–Crippen LogP) is -0.717. The van der Waals surface area contributed by atoms with Gasteiger partial charge in [-0.2, -0.15) is 0 Å². The van der Waals surface area contributed by atoms with E-state index in [-0.39, 0.29) is 18.6 Å². The smallest absolute Gasteiger partial charge is 0.311 e. The van der Waals surface area contributed by atoms with Gasteiger partial charge in [0.2, 0.25) is 5.91 Å².